The van der Waals surface area contributed by atoms with E-state index in [1.165, 1.54) is 77.0 Å². The van der Waals surface area contributed by atoms with Gasteiger partial charge in [0.1, 0.15) is 13.2 Å². The predicted molar refractivity (Wildman–Crippen MR) is 270 cm³/mol. The molecule has 63 heavy (non-hydrogen) atoms. The number of ether oxygens (including phenoxy) is 3. The van der Waals surface area contributed by atoms with Crippen molar-refractivity contribution in [2.24, 2.45) is 0 Å². The second-order valence-corrected chi connectivity index (χ2v) is 16.7. The van der Waals surface area contributed by atoms with E-state index in [2.05, 4.69) is 118 Å². The first-order valence-electron chi connectivity index (χ1n) is 25.7. The summed E-state index contributed by atoms with van der Waals surface area (Å²) in [6, 6.07) is 0. The van der Waals surface area contributed by atoms with Crippen LogP contribution in [-0.2, 0) is 28.6 Å². The van der Waals surface area contributed by atoms with E-state index in [1.807, 2.05) is 0 Å². The summed E-state index contributed by atoms with van der Waals surface area (Å²) in [5.41, 5.74) is 0. The fraction of sp³-hybridized carbons (Fsp3) is 0.667. The molecule has 0 rings (SSSR count). The van der Waals surface area contributed by atoms with Gasteiger partial charge in [0.25, 0.3) is 0 Å². The van der Waals surface area contributed by atoms with E-state index in [4.69, 9.17) is 14.2 Å². The van der Waals surface area contributed by atoms with Crippen LogP contribution >= 0.6 is 0 Å². The monoisotopic (exact) mass is 875 g/mol. The Morgan fingerprint density at radius 1 is 0.333 bits per heavy atom. The molecule has 0 saturated carbocycles. The van der Waals surface area contributed by atoms with Crippen LogP contribution in [0.15, 0.2) is 97.2 Å². The lowest BCUT2D eigenvalue weighted by Crippen LogP contribution is -2.30. The van der Waals surface area contributed by atoms with Crippen molar-refractivity contribution in [2.45, 2.75) is 232 Å². The third-order valence-electron chi connectivity index (χ3n) is 10.6. The summed E-state index contributed by atoms with van der Waals surface area (Å²) in [6.45, 7) is 6.33. The molecule has 0 unspecified atom stereocenters. The molecule has 0 aromatic carbocycles. The molecular weight excluding hydrogens is 781 g/mol. The molecule has 0 heterocycles. The summed E-state index contributed by atoms with van der Waals surface area (Å²) in [6.07, 6.45) is 66.8. The highest BCUT2D eigenvalue weighted by Crippen LogP contribution is 2.15. The summed E-state index contributed by atoms with van der Waals surface area (Å²) in [7, 11) is 0. The molecule has 0 amide bonds. The van der Waals surface area contributed by atoms with Gasteiger partial charge in [0, 0.05) is 19.3 Å². The SMILES string of the molecule is CC/C=C\C/C=C\C/C=C\C/C=C\CCCCC(=O)OC[C@@H](COC(=O)CCCCCCCCCCCCCCCCC)OC(=O)CCCC/C=C\C/C=C\C/C=C\C/C=C\CC. The van der Waals surface area contributed by atoms with Crippen LogP contribution in [-0.4, -0.2) is 37.2 Å². The van der Waals surface area contributed by atoms with E-state index in [9.17, 15) is 14.4 Å². The van der Waals surface area contributed by atoms with E-state index in [-0.39, 0.29) is 37.5 Å². The lowest BCUT2D eigenvalue weighted by Gasteiger charge is -2.18. The fourth-order valence-corrected chi connectivity index (χ4v) is 6.78. The first-order valence-corrected chi connectivity index (χ1v) is 25.7. The minimum Gasteiger partial charge on any atom is -0.462 e. The van der Waals surface area contributed by atoms with Crippen molar-refractivity contribution < 1.29 is 28.6 Å². The van der Waals surface area contributed by atoms with Gasteiger partial charge in [0.2, 0.25) is 0 Å². The number of hydrogen-bond donors (Lipinski definition) is 0. The Bertz CT molecular complexity index is 1280. The van der Waals surface area contributed by atoms with Crippen LogP contribution in [0.4, 0.5) is 0 Å². The molecular formula is C57H94O6. The first kappa shape index (κ1) is 59.3. The van der Waals surface area contributed by atoms with Crippen molar-refractivity contribution in [3.05, 3.63) is 97.2 Å². The van der Waals surface area contributed by atoms with Crippen LogP contribution in [0.25, 0.3) is 0 Å². The molecule has 0 spiro atoms. The van der Waals surface area contributed by atoms with Gasteiger partial charge >= 0.3 is 17.9 Å². The standard InChI is InChI=1S/C57H94O6/c1-4-7-10-13-16-19-22-25-28-31-34-37-40-43-46-49-55(58)61-52-54(63-57(60)51-48-45-42-39-36-33-30-27-24-21-18-15-12-9-6-3)53-62-56(59)50-47-44-41-38-35-32-29-26-23-20-17-14-11-8-5-2/h7,9-10,12,16,18-19,21,25,27-28,30,34,36-37,39,54H,4-6,8,11,13-15,17,20,22-24,26,29,31-33,35,38,40-53H2,1-3H3/b10-7-,12-9-,19-16-,21-18-,28-25-,30-27-,37-34-,39-36-/t54-/m0/s1. The van der Waals surface area contributed by atoms with Crippen LogP contribution in [0.2, 0.25) is 0 Å². The Morgan fingerprint density at radius 3 is 0.968 bits per heavy atom. The van der Waals surface area contributed by atoms with Gasteiger partial charge in [-0.2, -0.15) is 0 Å². The molecule has 0 fully saturated rings. The van der Waals surface area contributed by atoms with E-state index in [1.54, 1.807) is 0 Å². The van der Waals surface area contributed by atoms with Crippen LogP contribution in [0.1, 0.15) is 226 Å². The number of esters is 3. The zero-order chi connectivity index (χ0) is 45.8. The Balaban J connectivity index is 4.52. The molecule has 0 aromatic heterocycles. The van der Waals surface area contributed by atoms with Gasteiger partial charge in [-0.3, -0.25) is 14.4 Å². The van der Waals surface area contributed by atoms with Crippen molar-refractivity contribution in [3.8, 4) is 0 Å². The summed E-state index contributed by atoms with van der Waals surface area (Å²) in [5.74, 6) is -0.994. The van der Waals surface area contributed by atoms with E-state index < -0.39 is 6.10 Å². The Morgan fingerprint density at radius 2 is 0.619 bits per heavy atom. The molecule has 0 aliphatic rings. The molecule has 1 atom stereocenters. The maximum absolute atomic E-state index is 12.8. The number of hydrogen-bond acceptors (Lipinski definition) is 6. The smallest absolute Gasteiger partial charge is 0.306 e. The third-order valence-corrected chi connectivity index (χ3v) is 10.6. The molecule has 0 aliphatic heterocycles. The largest absolute Gasteiger partial charge is 0.462 e. The second-order valence-electron chi connectivity index (χ2n) is 16.7. The lowest BCUT2D eigenvalue weighted by atomic mass is 10.0. The van der Waals surface area contributed by atoms with Crippen LogP contribution in [0, 0.1) is 0 Å². The minimum atomic E-state index is -0.815. The zero-order valence-electron chi connectivity index (χ0n) is 40.8. The van der Waals surface area contributed by atoms with Crippen LogP contribution < -0.4 is 0 Å². The molecule has 0 aliphatic carbocycles. The van der Waals surface area contributed by atoms with E-state index >= 15 is 0 Å². The average Bonchev–Trinajstić information content (AvgIpc) is 3.28. The third kappa shape index (κ3) is 49.2. The summed E-state index contributed by atoms with van der Waals surface area (Å²) in [4.78, 5) is 38.0. The number of unbranched alkanes of at least 4 members (excludes halogenated alkanes) is 18. The summed E-state index contributed by atoms with van der Waals surface area (Å²) >= 11 is 0. The highest BCUT2D eigenvalue weighted by Gasteiger charge is 2.19. The normalized spacial score (nSPS) is 12.9. The van der Waals surface area contributed by atoms with Crippen LogP contribution in [0.3, 0.4) is 0 Å². The number of rotatable bonds is 45. The average molecular weight is 875 g/mol. The van der Waals surface area contributed by atoms with E-state index in [0.29, 0.717) is 25.7 Å². The second kappa shape index (κ2) is 51.0. The number of carbonyl (C=O) groups excluding carboxylic acids is 3. The van der Waals surface area contributed by atoms with Gasteiger partial charge in [-0.15, -0.1) is 0 Å². The van der Waals surface area contributed by atoms with Gasteiger partial charge < -0.3 is 14.2 Å². The zero-order valence-corrected chi connectivity index (χ0v) is 40.8. The fourth-order valence-electron chi connectivity index (χ4n) is 6.78. The van der Waals surface area contributed by atoms with Crippen molar-refractivity contribution in [1.29, 1.82) is 0 Å². The quantitative estimate of drug-likeness (QED) is 0.0262. The van der Waals surface area contributed by atoms with Crippen LogP contribution in [0.5, 0.6) is 0 Å². The Hall–Kier alpha value is -3.67. The minimum absolute atomic E-state index is 0.107. The Labute approximate surface area is 387 Å². The molecule has 0 aromatic rings. The van der Waals surface area contributed by atoms with Gasteiger partial charge in [-0.1, -0.05) is 208 Å². The van der Waals surface area contributed by atoms with E-state index in [0.717, 1.165) is 96.3 Å². The van der Waals surface area contributed by atoms with Gasteiger partial charge in [-0.25, -0.2) is 0 Å². The predicted octanol–water partition coefficient (Wildman–Crippen LogP) is 17.0. The van der Waals surface area contributed by atoms with Crippen molar-refractivity contribution in [1.82, 2.24) is 0 Å². The maximum Gasteiger partial charge on any atom is 0.306 e. The molecule has 0 N–H and O–H groups in total. The topological polar surface area (TPSA) is 78.9 Å². The molecule has 0 bridgehead atoms. The summed E-state index contributed by atoms with van der Waals surface area (Å²) in [5, 5.41) is 0. The highest BCUT2D eigenvalue weighted by molar-refractivity contribution is 5.71. The van der Waals surface area contributed by atoms with Gasteiger partial charge in [0.05, 0.1) is 0 Å². The maximum atomic E-state index is 12.8. The highest BCUT2D eigenvalue weighted by atomic mass is 16.6. The number of carbonyl (C=O) groups is 3. The molecule has 6 heteroatoms. The van der Waals surface area contributed by atoms with Gasteiger partial charge in [-0.05, 0) is 96.3 Å². The first-order chi connectivity index (χ1) is 31.0. The molecule has 358 valence electrons. The molecule has 6 nitrogen and oxygen atoms in total. The van der Waals surface area contributed by atoms with Gasteiger partial charge in [0.15, 0.2) is 6.10 Å². The summed E-state index contributed by atoms with van der Waals surface area (Å²) < 4.78 is 16.7. The number of allylic oxidation sites excluding steroid dienone is 16. The molecule has 0 saturated heterocycles. The lowest BCUT2D eigenvalue weighted by molar-refractivity contribution is -0.167. The Kier molecular flexibility index (Phi) is 48.0. The molecule has 0 radical (unpaired) electrons. The van der Waals surface area contributed by atoms with Crippen molar-refractivity contribution in [3.63, 3.8) is 0 Å². The van der Waals surface area contributed by atoms with Crippen molar-refractivity contribution >= 4 is 17.9 Å². The van der Waals surface area contributed by atoms with Crippen molar-refractivity contribution in [2.75, 3.05) is 13.2 Å².